The van der Waals surface area contributed by atoms with Crippen LogP contribution in [0.2, 0.25) is 0 Å². The van der Waals surface area contributed by atoms with Crippen molar-refractivity contribution in [3.05, 3.63) is 76.0 Å². The van der Waals surface area contributed by atoms with E-state index in [1.807, 2.05) is 0 Å². The number of nitro groups is 1. The van der Waals surface area contributed by atoms with Gasteiger partial charge in [0, 0.05) is 18.7 Å². The Morgan fingerprint density at radius 3 is 2.56 bits per heavy atom. The number of hydrogen-bond acceptors (Lipinski definition) is 10. The molecule has 0 atom stereocenters. The first-order valence-electron chi connectivity index (χ1n) is 11.9. The number of thiazole rings is 1. The molecule has 0 radical (unpaired) electrons. The first-order valence-corrected chi connectivity index (χ1v) is 14.2. The number of anilines is 1. The molecule has 2 aromatic heterocycles. The van der Waals surface area contributed by atoms with Crippen LogP contribution in [0.1, 0.15) is 35.4 Å². The zero-order valence-electron chi connectivity index (χ0n) is 20.7. The van der Waals surface area contributed by atoms with Crippen LogP contribution in [0.15, 0.2) is 69.0 Å². The SMILES string of the molecule is COc1ccc2nc(N(/N=C/c3ccc([N+](=O)[O-])o3)C(=O)c3ccc(S(=O)(=O)N4CCCCC4)cc3)sc2c1. The van der Waals surface area contributed by atoms with Crippen molar-refractivity contribution in [3.63, 3.8) is 0 Å². The predicted octanol–water partition coefficient (Wildman–Crippen LogP) is 4.66. The second kappa shape index (κ2) is 10.9. The number of carbonyl (C=O) groups is 1. The quantitative estimate of drug-likeness (QED) is 0.169. The van der Waals surface area contributed by atoms with E-state index in [4.69, 9.17) is 9.15 Å². The van der Waals surface area contributed by atoms with Crippen LogP contribution in [0.4, 0.5) is 11.0 Å². The lowest BCUT2D eigenvalue weighted by Gasteiger charge is -2.25. The molecule has 5 rings (SSSR count). The number of carbonyl (C=O) groups excluding carboxylic acids is 1. The predicted molar refractivity (Wildman–Crippen MR) is 145 cm³/mol. The van der Waals surface area contributed by atoms with Gasteiger partial charge in [-0.15, -0.1) is 0 Å². The molecule has 1 aliphatic heterocycles. The summed E-state index contributed by atoms with van der Waals surface area (Å²) < 4.78 is 38.6. The maximum atomic E-state index is 13.6. The Kier molecular flexibility index (Phi) is 7.41. The van der Waals surface area contributed by atoms with Gasteiger partial charge in [-0.05, 0) is 61.4 Å². The number of hydrazone groups is 1. The highest BCUT2D eigenvalue weighted by Gasteiger charge is 2.27. The van der Waals surface area contributed by atoms with Gasteiger partial charge in [-0.2, -0.15) is 14.4 Å². The summed E-state index contributed by atoms with van der Waals surface area (Å²) >= 11 is 1.19. The number of nitrogens with zero attached hydrogens (tertiary/aromatic N) is 5. The van der Waals surface area contributed by atoms with Gasteiger partial charge in [0.25, 0.3) is 5.91 Å². The second-order valence-electron chi connectivity index (χ2n) is 8.61. The lowest BCUT2D eigenvalue weighted by Crippen LogP contribution is -2.35. The average Bonchev–Trinajstić information content (AvgIpc) is 3.60. The monoisotopic (exact) mass is 569 g/mol. The Morgan fingerprint density at radius 2 is 1.90 bits per heavy atom. The number of amides is 1. The van der Waals surface area contributed by atoms with Crippen molar-refractivity contribution in [2.75, 3.05) is 25.2 Å². The minimum atomic E-state index is -3.66. The lowest BCUT2D eigenvalue weighted by atomic mass is 10.2. The minimum Gasteiger partial charge on any atom is -0.497 e. The summed E-state index contributed by atoms with van der Waals surface area (Å²) in [6.45, 7) is 0.942. The van der Waals surface area contributed by atoms with Crippen LogP contribution in [-0.4, -0.2) is 55.0 Å². The van der Waals surface area contributed by atoms with Crippen molar-refractivity contribution in [1.29, 1.82) is 0 Å². The van der Waals surface area contributed by atoms with Gasteiger partial charge in [0.1, 0.15) is 10.7 Å². The highest BCUT2D eigenvalue weighted by Crippen LogP contribution is 2.33. The summed E-state index contributed by atoms with van der Waals surface area (Å²) in [5.74, 6) is -0.370. The van der Waals surface area contributed by atoms with E-state index in [-0.39, 0.29) is 21.4 Å². The maximum absolute atomic E-state index is 13.6. The number of aromatic nitrogens is 1. The molecule has 202 valence electrons. The number of hydrogen-bond donors (Lipinski definition) is 0. The average molecular weight is 570 g/mol. The van der Waals surface area contributed by atoms with Gasteiger partial charge in [-0.25, -0.2) is 13.4 Å². The number of methoxy groups -OCH3 is 1. The van der Waals surface area contributed by atoms with E-state index in [9.17, 15) is 23.3 Å². The van der Waals surface area contributed by atoms with Crippen molar-refractivity contribution < 1.29 is 27.3 Å². The van der Waals surface area contributed by atoms with Gasteiger partial charge >= 0.3 is 5.88 Å². The van der Waals surface area contributed by atoms with Gasteiger partial charge in [-0.3, -0.25) is 14.9 Å². The van der Waals surface area contributed by atoms with Crippen LogP contribution in [0.3, 0.4) is 0 Å². The van der Waals surface area contributed by atoms with Crippen molar-refractivity contribution in [3.8, 4) is 5.75 Å². The third-order valence-corrected chi connectivity index (χ3v) is 9.01. The van der Waals surface area contributed by atoms with Crippen LogP contribution >= 0.6 is 11.3 Å². The van der Waals surface area contributed by atoms with E-state index in [1.54, 1.807) is 25.3 Å². The fourth-order valence-electron chi connectivity index (χ4n) is 4.07. The smallest absolute Gasteiger partial charge is 0.433 e. The molecule has 14 heteroatoms. The van der Waals surface area contributed by atoms with Gasteiger partial charge in [0.15, 0.2) is 5.76 Å². The molecular weight excluding hydrogens is 546 g/mol. The van der Waals surface area contributed by atoms with Crippen LogP contribution in [-0.2, 0) is 10.0 Å². The minimum absolute atomic E-state index is 0.0604. The van der Waals surface area contributed by atoms with E-state index < -0.39 is 26.7 Å². The van der Waals surface area contributed by atoms with E-state index >= 15 is 0 Å². The summed E-state index contributed by atoms with van der Waals surface area (Å²) in [5, 5.41) is 16.5. The van der Waals surface area contributed by atoms with Gasteiger partial charge in [-0.1, -0.05) is 17.8 Å². The van der Waals surface area contributed by atoms with Crippen molar-refractivity contribution >= 4 is 54.7 Å². The highest BCUT2D eigenvalue weighted by molar-refractivity contribution is 7.89. The third-order valence-electron chi connectivity index (χ3n) is 6.10. The molecule has 4 aromatic rings. The molecule has 1 aliphatic rings. The summed E-state index contributed by atoms with van der Waals surface area (Å²) in [4.78, 5) is 28.5. The molecule has 0 aliphatic carbocycles. The molecule has 1 amide bonds. The van der Waals surface area contributed by atoms with Crippen LogP contribution in [0.25, 0.3) is 10.2 Å². The Bertz CT molecular complexity index is 1660. The fourth-order valence-corrected chi connectivity index (χ4v) is 6.54. The van der Waals surface area contributed by atoms with E-state index in [2.05, 4.69) is 10.1 Å². The van der Waals surface area contributed by atoms with E-state index in [1.165, 1.54) is 58.3 Å². The van der Waals surface area contributed by atoms with E-state index in [0.29, 0.717) is 24.4 Å². The summed E-state index contributed by atoms with van der Waals surface area (Å²) in [7, 11) is -2.12. The van der Waals surface area contributed by atoms with Gasteiger partial charge in [0.05, 0.1) is 34.5 Å². The summed E-state index contributed by atoms with van der Waals surface area (Å²) in [5.41, 5.74) is 0.785. The second-order valence-corrected chi connectivity index (χ2v) is 11.6. The summed E-state index contributed by atoms with van der Waals surface area (Å²) in [6, 6.07) is 13.5. The number of sulfonamides is 1. The molecule has 12 nitrogen and oxygen atoms in total. The lowest BCUT2D eigenvalue weighted by molar-refractivity contribution is -0.402. The van der Waals surface area contributed by atoms with Crippen LogP contribution in [0, 0.1) is 10.1 Å². The Hall–Kier alpha value is -4.14. The molecule has 0 saturated carbocycles. The largest absolute Gasteiger partial charge is 0.497 e. The van der Waals surface area contributed by atoms with Crippen molar-refractivity contribution in [2.24, 2.45) is 5.10 Å². The number of rotatable bonds is 8. The standard InChI is InChI=1S/C25H23N5O7S2/c1-36-18-7-11-21-22(15-18)38-25(27-21)29(26-16-19-8-12-23(37-19)30(32)33)24(31)17-5-9-20(10-6-17)39(34,35)28-13-3-2-4-14-28/h5-12,15-16H,2-4,13-14H2,1H3/b26-16+. The highest BCUT2D eigenvalue weighted by atomic mass is 32.2. The summed E-state index contributed by atoms with van der Waals surface area (Å²) in [6.07, 6.45) is 3.80. The van der Waals surface area contributed by atoms with Crippen LogP contribution < -0.4 is 9.75 Å². The third kappa shape index (κ3) is 5.53. The zero-order valence-corrected chi connectivity index (χ0v) is 22.4. The fraction of sp³-hybridized carbons (Fsp3) is 0.240. The van der Waals surface area contributed by atoms with Gasteiger partial charge < -0.3 is 9.15 Å². The molecule has 2 aromatic carbocycles. The number of ether oxygens (including phenoxy) is 1. The number of fused-ring (bicyclic) bond motifs is 1. The topological polar surface area (TPSA) is 148 Å². The molecule has 0 bridgehead atoms. The van der Waals surface area contributed by atoms with Crippen molar-refractivity contribution in [1.82, 2.24) is 9.29 Å². The molecule has 1 saturated heterocycles. The Balaban J connectivity index is 1.48. The zero-order chi connectivity index (χ0) is 27.6. The Morgan fingerprint density at radius 1 is 1.15 bits per heavy atom. The molecular formula is C25H23N5O7S2. The molecule has 39 heavy (non-hydrogen) atoms. The normalized spacial score (nSPS) is 14.6. The number of benzene rings is 2. The molecule has 0 N–H and O–H groups in total. The molecule has 3 heterocycles. The van der Waals surface area contributed by atoms with E-state index in [0.717, 1.165) is 29.0 Å². The maximum Gasteiger partial charge on any atom is 0.433 e. The first kappa shape index (κ1) is 26.5. The first-order chi connectivity index (χ1) is 18.8. The van der Waals surface area contributed by atoms with Gasteiger partial charge in [0.2, 0.25) is 15.2 Å². The van der Waals surface area contributed by atoms with Crippen LogP contribution in [0.5, 0.6) is 5.75 Å². The number of piperidine rings is 1. The molecule has 1 fully saturated rings. The van der Waals surface area contributed by atoms with Crippen molar-refractivity contribution in [2.45, 2.75) is 24.2 Å². The molecule has 0 unspecified atom stereocenters. The number of furan rings is 1. The Labute approximate surface area is 227 Å². The molecule has 0 spiro atoms.